The van der Waals surface area contributed by atoms with Gasteiger partial charge in [-0.25, -0.2) is 4.39 Å². The Hall–Kier alpha value is -4.57. The number of pyridine rings is 1. The van der Waals surface area contributed by atoms with Crippen LogP contribution in [-0.2, 0) is 11.2 Å². The van der Waals surface area contributed by atoms with E-state index in [1.54, 1.807) is 24.4 Å². The third kappa shape index (κ3) is 5.99. The maximum atomic E-state index is 15.1. The predicted molar refractivity (Wildman–Crippen MR) is 143 cm³/mol. The van der Waals surface area contributed by atoms with Crippen LogP contribution in [0.15, 0.2) is 72.9 Å². The summed E-state index contributed by atoms with van der Waals surface area (Å²) in [7, 11) is 2.97. The van der Waals surface area contributed by atoms with Gasteiger partial charge in [0, 0.05) is 25.0 Å². The van der Waals surface area contributed by atoms with Gasteiger partial charge in [-0.15, -0.1) is 0 Å². The Morgan fingerprint density at radius 2 is 1.81 bits per heavy atom. The first-order valence-corrected chi connectivity index (χ1v) is 11.6. The van der Waals surface area contributed by atoms with Crippen molar-refractivity contribution in [2.75, 3.05) is 19.5 Å². The van der Waals surface area contributed by atoms with Crippen molar-refractivity contribution in [2.45, 2.75) is 6.42 Å². The fourth-order valence-electron chi connectivity index (χ4n) is 3.66. The summed E-state index contributed by atoms with van der Waals surface area (Å²) in [5, 5.41) is 8.37. The molecule has 2 amide bonds. The Balaban J connectivity index is 1.54. The van der Waals surface area contributed by atoms with E-state index in [9.17, 15) is 9.59 Å². The van der Waals surface area contributed by atoms with Crippen molar-refractivity contribution in [2.24, 2.45) is 0 Å². The number of thiocarbonyl (C=S) groups is 1. The molecule has 0 aliphatic carbocycles. The van der Waals surface area contributed by atoms with Crippen molar-refractivity contribution in [3.8, 4) is 17.2 Å². The summed E-state index contributed by atoms with van der Waals surface area (Å²) in [5.74, 6) is -1.05. The molecule has 1 aromatic heterocycles. The topological polar surface area (TPSA) is 102 Å². The number of benzene rings is 3. The maximum absolute atomic E-state index is 15.1. The second-order valence-corrected chi connectivity index (χ2v) is 8.25. The van der Waals surface area contributed by atoms with Crippen LogP contribution in [0.4, 0.5) is 10.1 Å². The summed E-state index contributed by atoms with van der Waals surface area (Å²) in [6, 6.07) is 18.1. The van der Waals surface area contributed by atoms with Crippen LogP contribution in [0.2, 0.25) is 0 Å². The van der Waals surface area contributed by atoms with Gasteiger partial charge in [0.05, 0.1) is 30.0 Å². The zero-order valence-corrected chi connectivity index (χ0v) is 20.8. The first-order valence-electron chi connectivity index (χ1n) is 11.2. The summed E-state index contributed by atoms with van der Waals surface area (Å²) in [5.41, 5.74) is 1.84. The molecule has 0 atom stereocenters. The van der Waals surface area contributed by atoms with Gasteiger partial charge in [-0.05, 0) is 48.1 Å². The van der Waals surface area contributed by atoms with Crippen LogP contribution < -0.4 is 25.4 Å². The molecule has 3 N–H and O–H groups in total. The van der Waals surface area contributed by atoms with Crippen molar-refractivity contribution in [1.82, 2.24) is 15.6 Å². The highest BCUT2D eigenvalue weighted by Gasteiger charge is 2.21. The molecule has 3 aromatic carbocycles. The molecule has 0 spiro atoms. The lowest BCUT2D eigenvalue weighted by molar-refractivity contribution is -0.119. The van der Waals surface area contributed by atoms with Crippen LogP contribution in [0.5, 0.6) is 17.2 Å². The smallest absolute Gasteiger partial charge is 0.254 e. The maximum Gasteiger partial charge on any atom is 0.254 e. The van der Waals surface area contributed by atoms with Gasteiger partial charge in [0.15, 0.2) is 22.4 Å². The number of amides is 2. The Kier molecular flexibility index (Phi) is 7.89. The average molecular weight is 519 g/mol. The summed E-state index contributed by atoms with van der Waals surface area (Å²) < 4.78 is 26.4. The minimum Gasteiger partial charge on any atom is -0.496 e. The highest BCUT2D eigenvalue weighted by atomic mass is 32.1. The first kappa shape index (κ1) is 25.5. The Bertz CT molecular complexity index is 1480. The van der Waals surface area contributed by atoms with Crippen molar-refractivity contribution >= 4 is 45.7 Å². The van der Waals surface area contributed by atoms with Crippen LogP contribution in [0.25, 0.3) is 10.9 Å². The number of anilines is 1. The lowest BCUT2D eigenvalue weighted by Crippen LogP contribution is -2.35. The van der Waals surface area contributed by atoms with Crippen molar-refractivity contribution in [3.05, 3.63) is 89.9 Å². The van der Waals surface area contributed by atoms with Crippen LogP contribution in [0.3, 0.4) is 0 Å². The van der Waals surface area contributed by atoms with Crippen molar-refractivity contribution < 1.29 is 23.5 Å². The highest BCUT2D eigenvalue weighted by Crippen LogP contribution is 2.39. The fraction of sp³-hybridized carbons (Fsp3) is 0.111. The quantitative estimate of drug-likeness (QED) is 0.308. The van der Waals surface area contributed by atoms with Gasteiger partial charge in [-0.1, -0.05) is 30.3 Å². The number of halogens is 1. The number of aromatic nitrogens is 1. The molecule has 0 aliphatic heterocycles. The number of rotatable bonds is 7. The lowest BCUT2D eigenvalue weighted by Gasteiger charge is -2.16. The molecule has 0 saturated carbocycles. The van der Waals surface area contributed by atoms with E-state index in [2.05, 4.69) is 20.9 Å². The van der Waals surface area contributed by atoms with E-state index in [0.717, 1.165) is 5.56 Å². The van der Waals surface area contributed by atoms with Gasteiger partial charge in [-0.3, -0.25) is 14.6 Å². The largest absolute Gasteiger partial charge is 0.496 e. The molecule has 188 valence electrons. The zero-order valence-electron chi connectivity index (χ0n) is 20.0. The van der Waals surface area contributed by atoms with Crippen molar-refractivity contribution in [1.29, 1.82) is 0 Å². The van der Waals surface area contributed by atoms with Gasteiger partial charge >= 0.3 is 0 Å². The number of methoxy groups -OCH3 is 1. The van der Waals surface area contributed by atoms with E-state index >= 15 is 4.39 Å². The number of nitrogens with one attached hydrogen (secondary N) is 3. The molecule has 0 fully saturated rings. The van der Waals surface area contributed by atoms with E-state index in [0.29, 0.717) is 22.3 Å². The van der Waals surface area contributed by atoms with Crippen LogP contribution >= 0.6 is 12.2 Å². The molecule has 0 aliphatic rings. The molecular weight excluding hydrogens is 495 g/mol. The fourth-order valence-corrected chi connectivity index (χ4v) is 3.89. The molecule has 0 bridgehead atoms. The van der Waals surface area contributed by atoms with E-state index in [1.165, 1.54) is 32.4 Å². The lowest BCUT2D eigenvalue weighted by atomic mass is 10.1. The number of hydrogen-bond acceptors (Lipinski definition) is 6. The standard InChI is InChI=1S/C27H23FN4O4S/c1-29-26(34)18-9-10-20-24(22(35-2)12-13-30-20)25(18)36-21-11-8-17(15-19(21)28)31-27(37)32-23(33)14-16-6-4-3-5-7-16/h3-13,15H,14H2,1-2H3,(H,29,34)(H2,31,32,33,37). The van der Waals surface area contributed by atoms with Gasteiger partial charge in [0.2, 0.25) is 5.91 Å². The first-order chi connectivity index (χ1) is 17.9. The van der Waals surface area contributed by atoms with Crippen LogP contribution in [0.1, 0.15) is 15.9 Å². The summed E-state index contributed by atoms with van der Waals surface area (Å²) in [6.07, 6.45) is 1.72. The summed E-state index contributed by atoms with van der Waals surface area (Å²) in [6.45, 7) is 0. The zero-order chi connectivity index (χ0) is 26.4. The highest BCUT2D eigenvalue weighted by molar-refractivity contribution is 7.80. The van der Waals surface area contributed by atoms with E-state index < -0.39 is 11.7 Å². The number of fused-ring (bicyclic) bond motifs is 1. The molecule has 37 heavy (non-hydrogen) atoms. The van der Waals surface area contributed by atoms with Crippen LogP contribution in [-0.4, -0.2) is 36.1 Å². The predicted octanol–water partition coefficient (Wildman–Crippen LogP) is 4.59. The number of ether oxygens (including phenoxy) is 2. The molecule has 0 unspecified atom stereocenters. The third-order valence-corrected chi connectivity index (χ3v) is 5.58. The third-order valence-electron chi connectivity index (χ3n) is 5.38. The molecule has 10 heteroatoms. The Morgan fingerprint density at radius 3 is 2.51 bits per heavy atom. The normalized spacial score (nSPS) is 10.5. The molecular formula is C27H23FN4O4S. The molecule has 0 saturated heterocycles. The molecule has 4 aromatic rings. The number of carbonyl (C=O) groups is 2. The van der Waals surface area contributed by atoms with E-state index in [1.807, 2.05) is 30.3 Å². The second-order valence-electron chi connectivity index (χ2n) is 7.84. The Labute approximate surface area is 217 Å². The molecule has 1 heterocycles. The van der Waals surface area contributed by atoms with Crippen LogP contribution in [0, 0.1) is 5.82 Å². The minimum atomic E-state index is -0.717. The van der Waals surface area contributed by atoms with Gasteiger partial charge in [0.1, 0.15) is 5.75 Å². The molecule has 8 nitrogen and oxygen atoms in total. The van der Waals surface area contributed by atoms with Crippen molar-refractivity contribution in [3.63, 3.8) is 0 Å². The second kappa shape index (κ2) is 11.4. The van der Waals surface area contributed by atoms with E-state index in [4.69, 9.17) is 21.7 Å². The Morgan fingerprint density at radius 1 is 1.03 bits per heavy atom. The SMILES string of the molecule is CNC(=O)c1ccc2nccc(OC)c2c1Oc1ccc(NC(=S)NC(=O)Cc2ccccc2)cc1F. The monoisotopic (exact) mass is 518 g/mol. The van der Waals surface area contributed by atoms with Gasteiger partial charge < -0.3 is 25.4 Å². The number of nitrogens with zero attached hydrogens (tertiary/aromatic N) is 1. The molecule has 4 rings (SSSR count). The number of carbonyl (C=O) groups excluding carboxylic acids is 2. The number of hydrogen-bond donors (Lipinski definition) is 3. The van der Waals surface area contributed by atoms with Gasteiger partial charge in [0.25, 0.3) is 5.91 Å². The summed E-state index contributed by atoms with van der Waals surface area (Å²) in [4.78, 5) is 29.0. The summed E-state index contributed by atoms with van der Waals surface area (Å²) >= 11 is 5.19. The average Bonchev–Trinajstić information content (AvgIpc) is 2.89. The minimum absolute atomic E-state index is 0.0285. The molecule has 0 radical (unpaired) electrons. The van der Waals surface area contributed by atoms with E-state index in [-0.39, 0.29) is 34.5 Å². The van der Waals surface area contributed by atoms with Gasteiger partial charge in [-0.2, -0.15) is 0 Å².